The minimum Gasteiger partial charge on any atom is -0.325 e. The molecule has 8 heteroatoms. The number of rotatable bonds is 9. The van der Waals surface area contributed by atoms with Gasteiger partial charge in [-0.1, -0.05) is 67.6 Å². The van der Waals surface area contributed by atoms with E-state index in [0.29, 0.717) is 17.7 Å². The molecule has 0 N–H and O–H groups in total. The topological polar surface area (TPSA) is 68.3 Å². The molecule has 0 radical (unpaired) electrons. The van der Waals surface area contributed by atoms with E-state index in [4.69, 9.17) is 4.98 Å². The maximum Gasteiger partial charge on any atom is 0.332 e. The Hall–Kier alpha value is -3.49. The first kappa shape index (κ1) is 26.1. The van der Waals surface area contributed by atoms with Crippen LogP contribution in [0.1, 0.15) is 42.8 Å². The van der Waals surface area contributed by atoms with E-state index in [1.54, 1.807) is 11.6 Å². The zero-order valence-electron chi connectivity index (χ0n) is 22.7. The van der Waals surface area contributed by atoms with Gasteiger partial charge in [-0.15, -0.1) is 0 Å². The first-order valence-electron chi connectivity index (χ1n) is 13.7. The number of aryl methyl sites for hydroxylation is 3. The fraction of sp³-hybridized carbons (Fsp3) is 0.433. The summed E-state index contributed by atoms with van der Waals surface area (Å²) >= 11 is 0. The molecule has 0 spiro atoms. The molecule has 0 amide bonds. The van der Waals surface area contributed by atoms with E-state index in [2.05, 4.69) is 70.5 Å². The molecule has 3 heterocycles. The standard InChI is InChI=1S/C30H38N6O2/c1-4-17-36-28-27(29(37)33(3)30(36)38)32(2)25(31-28)16-11-18-34-19-21-35(22-20-34)26(23-12-7-5-8-13-23)24-14-9-6-10-15-24/h5-10,12-15,26H,4,11,16-22H2,1-3H3. The highest BCUT2D eigenvalue weighted by Gasteiger charge is 2.26. The number of fused-ring (bicyclic) bond motifs is 1. The third-order valence-corrected chi connectivity index (χ3v) is 7.77. The predicted molar refractivity (Wildman–Crippen MR) is 152 cm³/mol. The van der Waals surface area contributed by atoms with Crippen molar-refractivity contribution < 1.29 is 0 Å². The van der Waals surface area contributed by atoms with E-state index < -0.39 is 0 Å². The molecule has 2 aromatic carbocycles. The van der Waals surface area contributed by atoms with E-state index in [1.807, 2.05) is 18.5 Å². The third-order valence-electron chi connectivity index (χ3n) is 7.77. The average molecular weight is 515 g/mol. The van der Waals surface area contributed by atoms with Gasteiger partial charge in [0, 0.05) is 53.2 Å². The SMILES string of the molecule is CCCn1c(=O)n(C)c(=O)c2c1nc(CCCN1CCN(C(c3ccccc3)c3ccccc3)CC1)n2C. The van der Waals surface area contributed by atoms with Gasteiger partial charge in [0.25, 0.3) is 5.56 Å². The van der Waals surface area contributed by atoms with Crippen LogP contribution in [0.15, 0.2) is 70.3 Å². The van der Waals surface area contributed by atoms with Crippen LogP contribution in [0.4, 0.5) is 0 Å². The van der Waals surface area contributed by atoms with Crippen molar-refractivity contribution in [1.29, 1.82) is 0 Å². The van der Waals surface area contributed by atoms with Gasteiger partial charge in [0.15, 0.2) is 11.2 Å². The van der Waals surface area contributed by atoms with Crippen LogP contribution in [0.3, 0.4) is 0 Å². The van der Waals surface area contributed by atoms with E-state index >= 15 is 0 Å². The summed E-state index contributed by atoms with van der Waals surface area (Å²) in [7, 11) is 3.43. The maximum atomic E-state index is 12.8. The molecule has 0 saturated carbocycles. The predicted octanol–water partition coefficient (Wildman–Crippen LogP) is 3.18. The molecule has 1 aliphatic heterocycles. The maximum absolute atomic E-state index is 12.8. The Bertz CT molecular complexity index is 1440. The summed E-state index contributed by atoms with van der Waals surface area (Å²) in [6.07, 6.45) is 2.53. The number of hydrogen-bond acceptors (Lipinski definition) is 5. The van der Waals surface area contributed by atoms with Crippen LogP contribution in [0.2, 0.25) is 0 Å². The Labute approximate surface area is 223 Å². The minimum atomic E-state index is -0.295. The first-order chi connectivity index (χ1) is 18.5. The lowest BCUT2D eigenvalue weighted by Gasteiger charge is -2.39. The van der Waals surface area contributed by atoms with Gasteiger partial charge < -0.3 is 9.47 Å². The van der Waals surface area contributed by atoms with Crippen molar-refractivity contribution in [2.45, 2.75) is 38.8 Å². The van der Waals surface area contributed by atoms with Crippen molar-refractivity contribution in [2.24, 2.45) is 14.1 Å². The largest absolute Gasteiger partial charge is 0.332 e. The fourth-order valence-corrected chi connectivity index (χ4v) is 5.71. The molecule has 8 nitrogen and oxygen atoms in total. The smallest absolute Gasteiger partial charge is 0.325 e. The summed E-state index contributed by atoms with van der Waals surface area (Å²) < 4.78 is 4.71. The van der Waals surface area contributed by atoms with Gasteiger partial charge in [-0.05, 0) is 30.5 Å². The number of nitrogens with zero attached hydrogens (tertiary/aromatic N) is 6. The van der Waals surface area contributed by atoms with E-state index in [9.17, 15) is 9.59 Å². The quantitative estimate of drug-likeness (QED) is 0.343. The molecule has 0 atom stereocenters. The lowest BCUT2D eigenvalue weighted by molar-refractivity contribution is 0.108. The number of piperazine rings is 1. The van der Waals surface area contributed by atoms with Crippen molar-refractivity contribution in [2.75, 3.05) is 32.7 Å². The summed E-state index contributed by atoms with van der Waals surface area (Å²) in [5.74, 6) is 0.861. The number of hydrogen-bond donors (Lipinski definition) is 0. The summed E-state index contributed by atoms with van der Waals surface area (Å²) in [5.41, 5.74) is 3.12. The lowest BCUT2D eigenvalue weighted by Crippen LogP contribution is -2.48. The van der Waals surface area contributed by atoms with Crippen LogP contribution < -0.4 is 11.2 Å². The van der Waals surface area contributed by atoms with Crippen molar-refractivity contribution in [3.05, 3.63) is 98.5 Å². The Morgan fingerprint density at radius 3 is 2.00 bits per heavy atom. The second-order valence-electron chi connectivity index (χ2n) is 10.3. The van der Waals surface area contributed by atoms with Crippen LogP contribution in [-0.4, -0.2) is 61.2 Å². The van der Waals surface area contributed by atoms with Crippen molar-refractivity contribution in [1.82, 2.24) is 28.5 Å². The van der Waals surface area contributed by atoms with Gasteiger partial charge in [0.1, 0.15) is 5.82 Å². The highest BCUT2D eigenvalue weighted by molar-refractivity contribution is 5.71. The summed E-state index contributed by atoms with van der Waals surface area (Å²) in [6.45, 7) is 7.63. The zero-order chi connectivity index (χ0) is 26.6. The average Bonchev–Trinajstić information content (AvgIpc) is 3.28. The normalized spacial score (nSPS) is 15.1. The van der Waals surface area contributed by atoms with Crippen LogP contribution in [0.25, 0.3) is 11.2 Å². The summed E-state index contributed by atoms with van der Waals surface area (Å²) in [4.78, 5) is 35.4. The molecule has 2 aromatic heterocycles. The van der Waals surface area contributed by atoms with Gasteiger partial charge in [-0.25, -0.2) is 9.78 Å². The molecule has 200 valence electrons. The molecule has 5 rings (SSSR count). The Balaban J connectivity index is 1.24. The summed E-state index contributed by atoms with van der Waals surface area (Å²) in [6, 6.07) is 21.8. The van der Waals surface area contributed by atoms with Crippen molar-refractivity contribution >= 4 is 11.2 Å². The second-order valence-corrected chi connectivity index (χ2v) is 10.3. The molecular weight excluding hydrogens is 476 g/mol. The lowest BCUT2D eigenvalue weighted by atomic mass is 9.96. The fourth-order valence-electron chi connectivity index (χ4n) is 5.71. The van der Waals surface area contributed by atoms with Crippen LogP contribution in [0.5, 0.6) is 0 Å². The number of imidazole rings is 1. The Morgan fingerprint density at radius 1 is 0.816 bits per heavy atom. The molecule has 38 heavy (non-hydrogen) atoms. The molecule has 0 unspecified atom stereocenters. The number of aromatic nitrogens is 4. The van der Waals surface area contributed by atoms with Crippen LogP contribution in [0, 0.1) is 0 Å². The second kappa shape index (κ2) is 11.5. The highest BCUT2D eigenvalue weighted by Crippen LogP contribution is 2.29. The van der Waals surface area contributed by atoms with Gasteiger partial charge in [-0.2, -0.15) is 0 Å². The van der Waals surface area contributed by atoms with Gasteiger partial charge in [0.2, 0.25) is 0 Å². The molecule has 1 aliphatic rings. The number of benzene rings is 2. The van der Waals surface area contributed by atoms with Crippen molar-refractivity contribution in [3.63, 3.8) is 0 Å². The third kappa shape index (κ3) is 5.11. The molecule has 1 fully saturated rings. The van der Waals surface area contributed by atoms with E-state index in [0.717, 1.165) is 57.8 Å². The Kier molecular flexibility index (Phi) is 7.90. The first-order valence-corrected chi connectivity index (χ1v) is 13.7. The highest BCUT2D eigenvalue weighted by atomic mass is 16.2. The van der Waals surface area contributed by atoms with Crippen LogP contribution >= 0.6 is 0 Å². The Morgan fingerprint density at radius 2 is 1.42 bits per heavy atom. The molecule has 1 saturated heterocycles. The molecule has 0 bridgehead atoms. The summed E-state index contributed by atoms with van der Waals surface area (Å²) in [5, 5.41) is 0. The monoisotopic (exact) mass is 514 g/mol. The zero-order valence-corrected chi connectivity index (χ0v) is 22.7. The van der Waals surface area contributed by atoms with Crippen molar-refractivity contribution in [3.8, 4) is 0 Å². The molecule has 0 aliphatic carbocycles. The van der Waals surface area contributed by atoms with Gasteiger partial charge in [0.05, 0.1) is 6.04 Å². The minimum absolute atomic E-state index is 0.267. The van der Waals surface area contributed by atoms with E-state index in [1.165, 1.54) is 15.7 Å². The van der Waals surface area contributed by atoms with Gasteiger partial charge in [-0.3, -0.25) is 18.8 Å². The molecule has 4 aromatic rings. The van der Waals surface area contributed by atoms with Gasteiger partial charge >= 0.3 is 5.69 Å². The van der Waals surface area contributed by atoms with Crippen LogP contribution in [-0.2, 0) is 27.1 Å². The van der Waals surface area contributed by atoms with E-state index in [-0.39, 0.29) is 17.3 Å². The molecular formula is C30H38N6O2.